The molecule has 0 aliphatic carbocycles. The Hall–Kier alpha value is -2.79. The van der Waals surface area contributed by atoms with Crippen molar-refractivity contribution < 1.29 is 13.3 Å². The van der Waals surface area contributed by atoms with E-state index < -0.39 is 14.9 Å². The topological polar surface area (TPSA) is 130 Å². The number of nitrogens with one attached hydrogen (secondary N) is 2. The van der Waals surface area contributed by atoms with Gasteiger partial charge in [-0.2, -0.15) is 5.10 Å². The number of non-ortho nitro benzene ring substituents is 1. The maximum absolute atomic E-state index is 12.1. The van der Waals surface area contributed by atoms with Crippen LogP contribution in [0.1, 0.15) is 0 Å². The van der Waals surface area contributed by atoms with Gasteiger partial charge in [-0.15, -0.1) is 5.10 Å². The Labute approximate surface area is 145 Å². The number of nitro groups is 1. The van der Waals surface area contributed by atoms with Crippen molar-refractivity contribution in [2.24, 2.45) is 0 Å². The molecule has 0 atom stereocenters. The Morgan fingerprint density at radius 2 is 1.88 bits per heavy atom. The molecule has 1 aromatic heterocycles. The smallest absolute Gasteiger partial charge is 0.269 e. The predicted octanol–water partition coefficient (Wildman–Crippen LogP) is 0.841. The number of hydrogen-bond donors (Lipinski definition) is 2. The lowest BCUT2D eigenvalue weighted by Gasteiger charge is -2.13. The highest BCUT2D eigenvalue weighted by molar-refractivity contribution is 7.89. The van der Waals surface area contributed by atoms with Crippen molar-refractivity contribution in [3.8, 4) is 0 Å². The van der Waals surface area contributed by atoms with Crippen molar-refractivity contribution in [1.29, 1.82) is 0 Å². The van der Waals surface area contributed by atoms with Crippen LogP contribution in [-0.4, -0.2) is 50.7 Å². The van der Waals surface area contributed by atoms with Gasteiger partial charge in [-0.25, -0.2) is 13.1 Å². The Morgan fingerprint density at radius 1 is 1.20 bits per heavy atom. The van der Waals surface area contributed by atoms with Gasteiger partial charge >= 0.3 is 0 Å². The summed E-state index contributed by atoms with van der Waals surface area (Å²) in [6, 6.07) is 6.47. The van der Waals surface area contributed by atoms with Gasteiger partial charge in [-0.05, 0) is 12.1 Å². The first-order chi connectivity index (χ1) is 11.8. The van der Waals surface area contributed by atoms with Gasteiger partial charge in [0.1, 0.15) is 0 Å². The molecular formula is C14H18N6O4S. The maximum atomic E-state index is 12.1. The minimum absolute atomic E-state index is 0.0347. The second kappa shape index (κ2) is 7.85. The molecule has 0 fully saturated rings. The molecule has 0 amide bonds. The Bertz CT molecular complexity index is 839. The highest BCUT2D eigenvalue weighted by atomic mass is 32.2. The first kappa shape index (κ1) is 18.5. The third-order valence-electron chi connectivity index (χ3n) is 3.24. The molecule has 0 spiro atoms. The van der Waals surface area contributed by atoms with Crippen LogP contribution in [0.2, 0.25) is 0 Å². The van der Waals surface area contributed by atoms with Gasteiger partial charge in [0, 0.05) is 45.4 Å². The Morgan fingerprint density at radius 3 is 2.48 bits per heavy atom. The number of nitro benzene ring substituents is 1. The van der Waals surface area contributed by atoms with Crippen LogP contribution in [0.3, 0.4) is 0 Å². The van der Waals surface area contributed by atoms with E-state index in [0.717, 1.165) is 17.8 Å². The summed E-state index contributed by atoms with van der Waals surface area (Å²) in [6.07, 6.45) is 1.61. The maximum Gasteiger partial charge on any atom is 0.269 e. The molecule has 0 saturated heterocycles. The molecular weight excluding hydrogens is 348 g/mol. The van der Waals surface area contributed by atoms with Crippen LogP contribution in [0.4, 0.5) is 17.2 Å². The zero-order valence-electron chi connectivity index (χ0n) is 13.7. The van der Waals surface area contributed by atoms with Crippen LogP contribution in [-0.2, 0) is 10.0 Å². The molecule has 2 aromatic rings. The van der Waals surface area contributed by atoms with Crippen molar-refractivity contribution in [2.45, 2.75) is 4.90 Å². The van der Waals surface area contributed by atoms with Crippen LogP contribution < -0.4 is 14.9 Å². The molecule has 0 bridgehead atoms. The van der Waals surface area contributed by atoms with Gasteiger partial charge in [-0.1, -0.05) is 0 Å². The summed E-state index contributed by atoms with van der Waals surface area (Å²) >= 11 is 0. The summed E-state index contributed by atoms with van der Waals surface area (Å²) in [5, 5.41) is 21.3. The monoisotopic (exact) mass is 366 g/mol. The quantitative estimate of drug-likeness (QED) is 0.399. The largest absolute Gasteiger partial charge is 0.376 e. The van der Waals surface area contributed by atoms with E-state index in [0.29, 0.717) is 12.4 Å². The summed E-state index contributed by atoms with van der Waals surface area (Å²) in [4.78, 5) is 11.8. The fourth-order valence-corrected chi connectivity index (χ4v) is 2.93. The van der Waals surface area contributed by atoms with Crippen LogP contribution in [0.25, 0.3) is 0 Å². The highest BCUT2D eigenvalue weighted by Crippen LogP contribution is 2.15. The lowest BCUT2D eigenvalue weighted by Crippen LogP contribution is -2.29. The van der Waals surface area contributed by atoms with E-state index >= 15 is 0 Å². The van der Waals surface area contributed by atoms with Crippen molar-refractivity contribution in [2.75, 3.05) is 37.4 Å². The molecule has 1 heterocycles. The lowest BCUT2D eigenvalue weighted by molar-refractivity contribution is -0.384. The summed E-state index contributed by atoms with van der Waals surface area (Å²) in [7, 11) is 0.0126. The van der Waals surface area contributed by atoms with E-state index in [9.17, 15) is 18.5 Å². The highest BCUT2D eigenvalue weighted by Gasteiger charge is 2.15. The van der Waals surface area contributed by atoms with E-state index in [1.807, 2.05) is 19.0 Å². The predicted molar refractivity (Wildman–Crippen MR) is 93.1 cm³/mol. The molecule has 134 valence electrons. The van der Waals surface area contributed by atoms with E-state index in [4.69, 9.17) is 0 Å². The number of aromatic nitrogens is 2. The number of rotatable bonds is 8. The second-order valence-electron chi connectivity index (χ2n) is 5.27. The summed E-state index contributed by atoms with van der Waals surface area (Å²) in [6.45, 7) is 0.422. The molecule has 1 aromatic carbocycles. The number of sulfonamides is 1. The fourth-order valence-electron chi connectivity index (χ4n) is 1.89. The van der Waals surface area contributed by atoms with Crippen LogP contribution in [0.5, 0.6) is 0 Å². The Kier molecular flexibility index (Phi) is 5.83. The SMILES string of the molecule is CN(C)c1cnnc(NCCNS(=O)(=O)c2ccc([N+](=O)[O-])cc2)c1. The van der Waals surface area contributed by atoms with Gasteiger partial charge < -0.3 is 10.2 Å². The molecule has 0 aliphatic rings. The summed E-state index contributed by atoms with van der Waals surface area (Å²) in [5.41, 5.74) is 0.698. The summed E-state index contributed by atoms with van der Waals surface area (Å²) in [5.74, 6) is 0.528. The fraction of sp³-hybridized carbons (Fsp3) is 0.286. The average molecular weight is 366 g/mol. The minimum Gasteiger partial charge on any atom is -0.376 e. The third-order valence-corrected chi connectivity index (χ3v) is 4.71. The number of nitrogens with zero attached hydrogens (tertiary/aromatic N) is 4. The van der Waals surface area contributed by atoms with E-state index in [2.05, 4.69) is 20.2 Å². The molecule has 2 N–H and O–H groups in total. The molecule has 25 heavy (non-hydrogen) atoms. The number of anilines is 2. The molecule has 0 unspecified atom stereocenters. The van der Waals surface area contributed by atoms with Crippen molar-refractivity contribution >= 4 is 27.2 Å². The van der Waals surface area contributed by atoms with E-state index in [-0.39, 0.29) is 17.1 Å². The van der Waals surface area contributed by atoms with E-state index in [1.54, 1.807) is 12.3 Å². The van der Waals surface area contributed by atoms with Gasteiger partial charge in [0.05, 0.1) is 21.7 Å². The number of benzene rings is 1. The van der Waals surface area contributed by atoms with Crippen molar-refractivity contribution in [3.63, 3.8) is 0 Å². The zero-order chi connectivity index (χ0) is 18.4. The molecule has 0 saturated carbocycles. The summed E-state index contributed by atoms with van der Waals surface area (Å²) < 4.78 is 26.7. The molecule has 11 heteroatoms. The van der Waals surface area contributed by atoms with Gasteiger partial charge in [0.2, 0.25) is 10.0 Å². The van der Waals surface area contributed by atoms with Crippen molar-refractivity contribution in [1.82, 2.24) is 14.9 Å². The third kappa shape index (κ3) is 5.09. The van der Waals surface area contributed by atoms with Crippen molar-refractivity contribution in [3.05, 3.63) is 46.6 Å². The lowest BCUT2D eigenvalue weighted by atomic mass is 10.3. The standard InChI is InChI=1S/C14H18N6O4S/c1-19(2)12-9-14(18-16-10-12)15-7-8-17-25(23,24)13-5-3-11(4-6-13)20(21)22/h3-6,9-10,17H,7-8H2,1-2H3,(H,15,18). The molecule has 0 radical (unpaired) electrons. The normalized spacial score (nSPS) is 11.1. The second-order valence-corrected chi connectivity index (χ2v) is 7.04. The minimum atomic E-state index is -3.74. The first-order valence-electron chi connectivity index (χ1n) is 7.27. The van der Waals surface area contributed by atoms with E-state index in [1.165, 1.54) is 12.1 Å². The first-order valence-corrected chi connectivity index (χ1v) is 8.76. The van der Waals surface area contributed by atoms with Crippen LogP contribution in [0.15, 0.2) is 41.4 Å². The Balaban J connectivity index is 1.90. The van der Waals surface area contributed by atoms with Crippen LogP contribution in [0, 0.1) is 10.1 Å². The van der Waals surface area contributed by atoms with Gasteiger partial charge in [0.25, 0.3) is 5.69 Å². The molecule has 0 aliphatic heterocycles. The van der Waals surface area contributed by atoms with Gasteiger partial charge in [0.15, 0.2) is 5.82 Å². The molecule has 2 rings (SSSR count). The molecule has 10 nitrogen and oxygen atoms in total. The van der Waals surface area contributed by atoms with Crippen LogP contribution >= 0.6 is 0 Å². The average Bonchev–Trinajstić information content (AvgIpc) is 2.59. The number of hydrogen-bond acceptors (Lipinski definition) is 8. The van der Waals surface area contributed by atoms with Gasteiger partial charge in [-0.3, -0.25) is 10.1 Å². The zero-order valence-corrected chi connectivity index (χ0v) is 14.5.